The molecule has 0 spiro atoms. The molecule has 3 rings (SSSR count). The molecular formula is C19H18ClF3N4O. The molecule has 9 heteroatoms. The van der Waals surface area contributed by atoms with Crippen LogP contribution in [0.3, 0.4) is 0 Å². The van der Waals surface area contributed by atoms with Crippen molar-refractivity contribution in [2.24, 2.45) is 10.7 Å². The Balaban J connectivity index is 1.95. The third-order valence-corrected chi connectivity index (χ3v) is 5.01. The molecule has 1 aromatic carbocycles. The Kier molecular flexibility index (Phi) is 5.10. The van der Waals surface area contributed by atoms with Crippen LogP contribution in [-0.4, -0.2) is 28.6 Å². The van der Waals surface area contributed by atoms with Crippen molar-refractivity contribution in [1.82, 2.24) is 4.98 Å². The number of benzene rings is 1. The van der Waals surface area contributed by atoms with Crippen LogP contribution in [0.4, 0.5) is 18.9 Å². The SMILES string of the molecule is C[C@@]1(F)C[C@H](F)[C@@](C)(c2cc(NC(=O)c3ccc(Cl)cn3)ccc2F)N=C1N. The summed E-state index contributed by atoms with van der Waals surface area (Å²) >= 11 is 5.74. The van der Waals surface area contributed by atoms with Gasteiger partial charge in [-0.05, 0) is 44.2 Å². The fourth-order valence-corrected chi connectivity index (χ4v) is 3.11. The number of carbonyl (C=O) groups is 1. The number of nitrogens with one attached hydrogen (secondary N) is 1. The highest BCUT2D eigenvalue weighted by molar-refractivity contribution is 6.30. The van der Waals surface area contributed by atoms with Crippen LogP contribution in [0, 0.1) is 5.82 Å². The molecule has 0 radical (unpaired) electrons. The second kappa shape index (κ2) is 7.09. The Morgan fingerprint density at radius 1 is 1.32 bits per heavy atom. The van der Waals surface area contributed by atoms with Crippen LogP contribution in [-0.2, 0) is 5.54 Å². The molecule has 0 saturated heterocycles. The van der Waals surface area contributed by atoms with Gasteiger partial charge in [0.2, 0.25) is 0 Å². The third kappa shape index (κ3) is 3.69. The van der Waals surface area contributed by atoms with E-state index in [-0.39, 0.29) is 16.9 Å². The summed E-state index contributed by atoms with van der Waals surface area (Å²) in [5.41, 5.74) is 1.97. The molecule has 5 nitrogen and oxygen atoms in total. The van der Waals surface area contributed by atoms with E-state index in [1.54, 1.807) is 0 Å². The van der Waals surface area contributed by atoms with Gasteiger partial charge in [-0.15, -0.1) is 0 Å². The van der Waals surface area contributed by atoms with E-state index in [0.717, 1.165) is 13.0 Å². The second-order valence-corrected chi connectivity index (χ2v) is 7.46. The van der Waals surface area contributed by atoms with Crippen LogP contribution in [0.5, 0.6) is 0 Å². The smallest absolute Gasteiger partial charge is 0.274 e. The number of anilines is 1. The lowest BCUT2D eigenvalue weighted by atomic mass is 9.79. The van der Waals surface area contributed by atoms with Gasteiger partial charge in [0.05, 0.1) is 5.02 Å². The zero-order chi connectivity index (χ0) is 20.7. The molecule has 3 atom stereocenters. The van der Waals surface area contributed by atoms with Crippen LogP contribution >= 0.6 is 11.6 Å². The first kappa shape index (κ1) is 20.1. The molecule has 3 N–H and O–H groups in total. The average Bonchev–Trinajstić information content (AvgIpc) is 2.62. The number of pyridine rings is 1. The summed E-state index contributed by atoms with van der Waals surface area (Å²) in [7, 11) is 0. The topological polar surface area (TPSA) is 80.4 Å². The monoisotopic (exact) mass is 410 g/mol. The molecule has 1 aliphatic rings. The largest absolute Gasteiger partial charge is 0.385 e. The Labute approximate surface area is 164 Å². The van der Waals surface area contributed by atoms with Gasteiger partial charge in [-0.25, -0.2) is 18.2 Å². The van der Waals surface area contributed by atoms with Crippen molar-refractivity contribution in [3.63, 3.8) is 0 Å². The van der Waals surface area contributed by atoms with Crippen molar-refractivity contribution in [2.45, 2.75) is 37.6 Å². The van der Waals surface area contributed by atoms with Crippen LogP contribution in [0.15, 0.2) is 41.5 Å². The maximum atomic E-state index is 14.8. The van der Waals surface area contributed by atoms with Crippen LogP contribution in [0.1, 0.15) is 36.3 Å². The Morgan fingerprint density at radius 3 is 2.68 bits per heavy atom. The van der Waals surface area contributed by atoms with Crippen molar-refractivity contribution in [1.29, 1.82) is 0 Å². The molecule has 0 saturated carbocycles. The number of aromatic nitrogens is 1. The van der Waals surface area contributed by atoms with Gasteiger partial charge < -0.3 is 11.1 Å². The number of nitrogens with two attached hydrogens (primary N) is 1. The number of halogens is 4. The molecule has 1 aliphatic heterocycles. The average molecular weight is 411 g/mol. The molecular weight excluding hydrogens is 393 g/mol. The Morgan fingerprint density at radius 2 is 2.04 bits per heavy atom. The highest BCUT2D eigenvalue weighted by Gasteiger charge is 2.49. The number of amides is 1. The van der Waals surface area contributed by atoms with Crippen LogP contribution in [0.25, 0.3) is 0 Å². The second-order valence-electron chi connectivity index (χ2n) is 7.02. The maximum Gasteiger partial charge on any atom is 0.274 e. The summed E-state index contributed by atoms with van der Waals surface area (Å²) in [6, 6.07) is 6.58. The van der Waals surface area contributed by atoms with Gasteiger partial charge in [0, 0.05) is 23.9 Å². The van der Waals surface area contributed by atoms with Gasteiger partial charge in [0.15, 0.2) is 5.67 Å². The quantitative estimate of drug-likeness (QED) is 0.797. The number of alkyl halides is 2. The van der Waals surface area contributed by atoms with E-state index in [1.807, 2.05) is 0 Å². The van der Waals surface area contributed by atoms with E-state index in [4.69, 9.17) is 17.3 Å². The van der Waals surface area contributed by atoms with Gasteiger partial charge in [-0.3, -0.25) is 9.79 Å². The summed E-state index contributed by atoms with van der Waals surface area (Å²) < 4.78 is 43.6. The Bertz CT molecular complexity index is 949. The predicted octanol–water partition coefficient (Wildman–Crippen LogP) is 4.17. The number of nitrogens with zero attached hydrogens (tertiary/aromatic N) is 2. The van der Waals surface area contributed by atoms with E-state index in [0.29, 0.717) is 5.02 Å². The zero-order valence-corrected chi connectivity index (χ0v) is 15.9. The van der Waals surface area contributed by atoms with E-state index in [2.05, 4.69) is 15.3 Å². The molecule has 148 valence electrons. The highest BCUT2D eigenvalue weighted by Crippen LogP contribution is 2.42. The van der Waals surface area contributed by atoms with Gasteiger partial charge in [-0.1, -0.05) is 11.6 Å². The molecule has 28 heavy (non-hydrogen) atoms. The number of hydrogen-bond acceptors (Lipinski definition) is 4. The van der Waals surface area contributed by atoms with E-state index < -0.39 is 41.4 Å². The first-order valence-corrected chi connectivity index (χ1v) is 8.82. The fraction of sp³-hybridized carbons (Fsp3) is 0.316. The normalized spacial score (nSPS) is 27.2. The molecule has 0 bridgehead atoms. The Hall–Kier alpha value is -2.61. The molecule has 0 unspecified atom stereocenters. The summed E-state index contributed by atoms with van der Waals surface area (Å²) in [5, 5.41) is 2.93. The minimum atomic E-state index is -2.11. The summed E-state index contributed by atoms with van der Waals surface area (Å²) in [4.78, 5) is 20.1. The van der Waals surface area contributed by atoms with Gasteiger partial charge in [0.25, 0.3) is 5.91 Å². The standard InChI is InChI=1S/C19H18ClF3N4O/c1-18(23)8-15(22)19(2,27-17(18)24)12-7-11(4-5-13(12)21)26-16(28)14-6-3-10(20)9-25-14/h3-7,9,15H,8H2,1-2H3,(H2,24,27)(H,26,28)/t15-,18+,19+/m0/s1. The lowest BCUT2D eigenvalue weighted by molar-refractivity contribution is 0.102. The zero-order valence-electron chi connectivity index (χ0n) is 15.1. The lowest BCUT2D eigenvalue weighted by Crippen LogP contribution is -2.51. The fourth-order valence-electron chi connectivity index (χ4n) is 3.00. The van der Waals surface area contributed by atoms with Crippen LogP contribution < -0.4 is 11.1 Å². The summed E-state index contributed by atoms with van der Waals surface area (Å²) in [6.45, 7) is 2.47. The summed E-state index contributed by atoms with van der Waals surface area (Å²) in [6.07, 6.45) is -1.05. The molecule has 0 aliphatic carbocycles. The highest BCUT2D eigenvalue weighted by atomic mass is 35.5. The van der Waals surface area contributed by atoms with Gasteiger partial charge in [-0.2, -0.15) is 0 Å². The van der Waals surface area contributed by atoms with Crippen molar-refractivity contribution in [2.75, 3.05) is 5.32 Å². The summed E-state index contributed by atoms with van der Waals surface area (Å²) in [5.74, 6) is -1.70. The van der Waals surface area contributed by atoms with Gasteiger partial charge >= 0.3 is 0 Å². The number of hydrogen-bond donors (Lipinski definition) is 2. The molecule has 2 aromatic rings. The number of aliphatic imine (C=N–C) groups is 1. The molecule has 0 fully saturated rings. The first-order chi connectivity index (χ1) is 13.0. The first-order valence-electron chi connectivity index (χ1n) is 8.44. The molecule has 1 aromatic heterocycles. The van der Waals surface area contributed by atoms with E-state index in [1.165, 1.54) is 37.4 Å². The van der Waals surface area contributed by atoms with Crippen molar-refractivity contribution in [3.8, 4) is 0 Å². The van der Waals surface area contributed by atoms with Crippen molar-refractivity contribution in [3.05, 3.63) is 58.6 Å². The van der Waals surface area contributed by atoms with Crippen molar-refractivity contribution < 1.29 is 18.0 Å². The van der Waals surface area contributed by atoms with E-state index in [9.17, 15) is 18.0 Å². The predicted molar refractivity (Wildman–Crippen MR) is 102 cm³/mol. The van der Waals surface area contributed by atoms with E-state index >= 15 is 0 Å². The lowest BCUT2D eigenvalue weighted by Gasteiger charge is -2.38. The third-order valence-electron chi connectivity index (χ3n) is 4.79. The molecule has 2 heterocycles. The van der Waals surface area contributed by atoms with Crippen molar-refractivity contribution >= 4 is 29.0 Å². The number of carbonyl (C=O) groups excluding carboxylic acids is 1. The maximum absolute atomic E-state index is 14.8. The van der Waals surface area contributed by atoms with Crippen LogP contribution in [0.2, 0.25) is 5.02 Å². The number of amidine groups is 1. The van der Waals surface area contributed by atoms with Gasteiger partial charge in [0.1, 0.15) is 29.1 Å². The molecule has 1 amide bonds. The number of rotatable bonds is 3. The minimum absolute atomic E-state index is 0.0954. The minimum Gasteiger partial charge on any atom is -0.385 e.